The lowest BCUT2D eigenvalue weighted by atomic mass is 10.1. The number of hydrogen-bond donors (Lipinski definition) is 2. The van der Waals surface area contributed by atoms with E-state index >= 15 is 0 Å². The van der Waals surface area contributed by atoms with E-state index in [1.807, 2.05) is 0 Å². The molecule has 7 heteroatoms. The molecule has 0 fully saturated rings. The van der Waals surface area contributed by atoms with E-state index in [-0.39, 0.29) is 24.8 Å². The lowest BCUT2D eigenvalue weighted by molar-refractivity contribution is -0.139. The van der Waals surface area contributed by atoms with Crippen LogP contribution in [0.25, 0.3) is 0 Å². The Labute approximate surface area is 123 Å². The zero-order valence-corrected chi connectivity index (χ0v) is 12.8. The van der Waals surface area contributed by atoms with Crippen LogP contribution < -0.4 is 5.43 Å². The number of hydrogen-bond acceptors (Lipinski definition) is 4. The molecule has 0 radical (unpaired) electrons. The molecule has 2 N–H and O–H groups in total. The maximum atomic E-state index is 12.2. The number of nitrogens with zero attached hydrogens (tertiary/aromatic N) is 1. The second-order valence-electron chi connectivity index (χ2n) is 4.53. The molecule has 1 aromatic rings. The fourth-order valence-corrected chi connectivity index (χ4v) is 1.96. The van der Waals surface area contributed by atoms with E-state index in [4.69, 9.17) is 4.74 Å². The molecular formula is C14H21N3O4. The van der Waals surface area contributed by atoms with Gasteiger partial charge < -0.3 is 9.72 Å². The normalized spacial score (nSPS) is 10.1. The first-order chi connectivity index (χ1) is 9.90. The van der Waals surface area contributed by atoms with E-state index in [1.54, 1.807) is 27.0 Å². The van der Waals surface area contributed by atoms with Crippen LogP contribution in [-0.4, -0.2) is 40.9 Å². The third-order valence-corrected chi connectivity index (χ3v) is 2.88. The average molecular weight is 295 g/mol. The Balaban J connectivity index is 2.90. The zero-order valence-electron chi connectivity index (χ0n) is 12.8. The summed E-state index contributed by atoms with van der Waals surface area (Å²) in [7, 11) is 0. The van der Waals surface area contributed by atoms with Crippen molar-refractivity contribution < 1.29 is 19.1 Å². The van der Waals surface area contributed by atoms with Crippen molar-refractivity contribution in [1.29, 1.82) is 0 Å². The minimum Gasteiger partial charge on any atom is -0.462 e. The van der Waals surface area contributed by atoms with Gasteiger partial charge in [0.25, 0.3) is 0 Å². The highest BCUT2D eigenvalue weighted by molar-refractivity contribution is 5.94. The smallest absolute Gasteiger partial charge is 0.340 e. The van der Waals surface area contributed by atoms with Gasteiger partial charge in [-0.05, 0) is 26.3 Å². The molecule has 2 amide bonds. The molecular weight excluding hydrogens is 274 g/mol. The maximum absolute atomic E-state index is 12.2. The number of carbonyl (C=O) groups excluding carboxylic acids is 3. The number of amides is 2. The molecule has 116 valence electrons. The summed E-state index contributed by atoms with van der Waals surface area (Å²) in [5.41, 5.74) is 4.03. The van der Waals surface area contributed by atoms with Gasteiger partial charge in [-0.1, -0.05) is 0 Å². The van der Waals surface area contributed by atoms with Gasteiger partial charge in [-0.2, -0.15) is 0 Å². The lowest BCUT2D eigenvalue weighted by Gasteiger charge is -2.20. The highest BCUT2D eigenvalue weighted by atomic mass is 16.5. The average Bonchev–Trinajstić information content (AvgIpc) is 2.76. The van der Waals surface area contributed by atoms with Crippen molar-refractivity contribution in [2.45, 2.75) is 34.1 Å². The van der Waals surface area contributed by atoms with Crippen LogP contribution in [0.5, 0.6) is 0 Å². The molecule has 0 aliphatic carbocycles. The first-order valence-electron chi connectivity index (χ1n) is 6.82. The standard InChI is InChI=1S/C14H21N3O4/c1-5-17(16-10(4)18)12(19)7-11-13(9(3)8-15-11)14(20)21-6-2/h8,15H,5-7H2,1-4H3,(H,16,18). The second kappa shape index (κ2) is 7.47. The highest BCUT2D eigenvalue weighted by Crippen LogP contribution is 2.16. The Morgan fingerprint density at radius 1 is 1.33 bits per heavy atom. The van der Waals surface area contributed by atoms with Gasteiger partial charge in [-0.3, -0.25) is 20.0 Å². The minimum atomic E-state index is -0.457. The van der Waals surface area contributed by atoms with Crippen molar-refractivity contribution in [2.24, 2.45) is 0 Å². The number of aromatic nitrogens is 1. The number of nitrogens with one attached hydrogen (secondary N) is 2. The maximum Gasteiger partial charge on any atom is 0.340 e. The van der Waals surface area contributed by atoms with E-state index < -0.39 is 5.97 Å². The number of H-pyrrole nitrogens is 1. The van der Waals surface area contributed by atoms with E-state index in [0.717, 1.165) is 5.56 Å². The number of likely N-dealkylation sites (N-methyl/N-ethyl adjacent to an activating group) is 1. The summed E-state index contributed by atoms with van der Waals surface area (Å²) in [5, 5.41) is 1.22. The quantitative estimate of drug-likeness (QED) is 0.625. The molecule has 1 heterocycles. The second-order valence-corrected chi connectivity index (χ2v) is 4.53. The number of esters is 1. The molecule has 0 atom stereocenters. The van der Waals surface area contributed by atoms with E-state index in [9.17, 15) is 14.4 Å². The van der Waals surface area contributed by atoms with Crippen LogP contribution in [0.4, 0.5) is 0 Å². The Kier molecular flexibility index (Phi) is 5.95. The van der Waals surface area contributed by atoms with Crippen LogP contribution in [0.2, 0.25) is 0 Å². The Morgan fingerprint density at radius 3 is 2.52 bits per heavy atom. The van der Waals surface area contributed by atoms with Gasteiger partial charge in [0.15, 0.2) is 0 Å². The largest absolute Gasteiger partial charge is 0.462 e. The number of aromatic amines is 1. The molecule has 0 aliphatic heterocycles. The minimum absolute atomic E-state index is 0.0178. The number of carbonyl (C=O) groups is 3. The van der Waals surface area contributed by atoms with Gasteiger partial charge in [0.1, 0.15) is 0 Å². The summed E-state index contributed by atoms with van der Waals surface area (Å²) < 4.78 is 4.99. The molecule has 0 saturated carbocycles. The molecule has 0 bridgehead atoms. The van der Waals surface area contributed by atoms with Gasteiger partial charge >= 0.3 is 5.97 Å². The number of aryl methyl sites for hydroxylation is 1. The zero-order chi connectivity index (χ0) is 16.0. The SMILES string of the molecule is CCOC(=O)c1c(C)c[nH]c1CC(=O)N(CC)NC(C)=O. The third kappa shape index (κ3) is 4.34. The van der Waals surface area contributed by atoms with Crippen LogP contribution >= 0.6 is 0 Å². The van der Waals surface area contributed by atoms with Crippen molar-refractivity contribution in [3.63, 3.8) is 0 Å². The van der Waals surface area contributed by atoms with Gasteiger partial charge in [-0.25, -0.2) is 4.79 Å². The Morgan fingerprint density at radius 2 is 2.00 bits per heavy atom. The predicted molar refractivity (Wildman–Crippen MR) is 76.4 cm³/mol. The van der Waals surface area contributed by atoms with Crippen LogP contribution in [0.1, 0.15) is 42.4 Å². The fourth-order valence-electron chi connectivity index (χ4n) is 1.96. The van der Waals surface area contributed by atoms with Crippen LogP contribution in [0, 0.1) is 6.92 Å². The van der Waals surface area contributed by atoms with Crippen molar-refractivity contribution in [1.82, 2.24) is 15.4 Å². The van der Waals surface area contributed by atoms with Crippen LogP contribution in [-0.2, 0) is 20.7 Å². The monoisotopic (exact) mass is 295 g/mol. The summed E-state index contributed by atoms with van der Waals surface area (Å²) in [4.78, 5) is 38.0. The molecule has 0 aromatic carbocycles. The fraction of sp³-hybridized carbons (Fsp3) is 0.500. The summed E-state index contributed by atoms with van der Waals surface area (Å²) in [5.74, 6) is -1.08. The first kappa shape index (κ1) is 16.7. The highest BCUT2D eigenvalue weighted by Gasteiger charge is 2.22. The van der Waals surface area contributed by atoms with Gasteiger partial charge in [0, 0.05) is 25.4 Å². The first-order valence-corrected chi connectivity index (χ1v) is 6.82. The molecule has 7 nitrogen and oxygen atoms in total. The third-order valence-electron chi connectivity index (χ3n) is 2.88. The summed E-state index contributed by atoms with van der Waals surface area (Å²) >= 11 is 0. The predicted octanol–water partition coefficient (Wildman–Crippen LogP) is 0.942. The molecule has 0 aliphatic rings. The van der Waals surface area contributed by atoms with Crippen molar-refractivity contribution in [2.75, 3.05) is 13.2 Å². The van der Waals surface area contributed by atoms with E-state index in [1.165, 1.54) is 11.9 Å². The molecule has 0 saturated heterocycles. The topological polar surface area (TPSA) is 91.5 Å². The number of ether oxygens (including phenoxy) is 1. The number of hydrazine groups is 1. The summed E-state index contributed by atoms with van der Waals surface area (Å²) in [6, 6.07) is 0. The van der Waals surface area contributed by atoms with Gasteiger partial charge in [0.2, 0.25) is 11.8 Å². The van der Waals surface area contributed by atoms with E-state index in [2.05, 4.69) is 10.4 Å². The summed E-state index contributed by atoms with van der Waals surface area (Å²) in [6.07, 6.45) is 1.64. The van der Waals surface area contributed by atoms with Crippen molar-refractivity contribution in [3.8, 4) is 0 Å². The van der Waals surface area contributed by atoms with Crippen molar-refractivity contribution >= 4 is 17.8 Å². The molecule has 0 unspecified atom stereocenters. The molecule has 1 aromatic heterocycles. The Hall–Kier alpha value is -2.31. The molecule has 1 rings (SSSR count). The summed E-state index contributed by atoms with van der Waals surface area (Å²) in [6.45, 7) is 7.18. The Bertz CT molecular complexity index is 536. The molecule has 0 spiro atoms. The lowest BCUT2D eigenvalue weighted by Crippen LogP contribution is -2.45. The van der Waals surface area contributed by atoms with Crippen molar-refractivity contribution in [3.05, 3.63) is 23.0 Å². The molecule has 21 heavy (non-hydrogen) atoms. The van der Waals surface area contributed by atoms with Crippen LogP contribution in [0.15, 0.2) is 6.20 Å². The van der Waals surface area contributed by atoms with Crippen LogP contribution in [0.3, 0.4) is 0 Å². The van der Waals surface area contributed by atoms with Gasteiger partial charge in [-0.15, -0.1) is 0 Å². The van der Waals surface area contributed by atoms with Gasteiger partial charge in [0.05, 0.1) is 18.6 Å². The van der Waals surface area contributed by atoms with E-state index in [0.29, 0.717) is 17.8 Å². The number of rotatable bonds is 5.